The van der Waals surface area contributed by atoms with E-state index in [1.165, 1.54) is 0 Å². The molecule has 132 valence electrons. The lowest BCUT2D eigenvalue weighted by molar-refractivity contribution is -0.139. The average molecular weight is 343 g/mol. The summed E-state index contributed by atoms with van der Waals surface area (Å²) in [4.78, 5) is 24.0. The van der Waals surface area contributed by atoms with Gasteiger partial charge in [-0.1, -0.05) is 30.3 Å². The van der Waals surface area contributed by atoms with Gasteiger partial charge in [0.05, 0.1) is 13.2 Å². The van der Waals surface area contributed by atoms with Crippen LogP contribution in [0.2, 0.25) is 0 Å². The van der Waals surface area contributed by atoms with Gasteiger partial charge in [0.25, 0.3) is 5.91 Å². The van der Waals surface area contributed by atoms with Crippen LogP contribution >= 0.6 is 0 Å². The van der Waals surface area contributed by atoms with Crippen LogP contribution in [0.1, 0.15) is 35.8 Å². The Hall–Kier alpha value is -3.02. The maximum Gasteiger partial charge on any atom is 0.330 e. The van der Waals surface area contributed by atoms with Crippen LogP contribution < -0.4 is 14.8 Å². The fourth-order valence-electron chi connectivity index (χ4n) is 2.34. The molecule has 2 aromatic carbocycles. The molecule has 0 unspecified atom stereocenters. The predicted octanol–water partition coefficient (Wildman–Crippen LogP) is 3.04. The molecule has 0 aliphatic rings. The minimum atomic E-state index is -1.13. The van der Waals surface area contributed by atoms with E-state index >= 15 is 0 Å². The maximum atomic E-state index is 12.5. The van der Waals surface area contributed by atoms with Gasteiger partial charge in [0, 0.05) is 5.56 Å². The van der Waals surface area contributed by atoms with Gasteiger partial charge in [-0.05, 0) is 37.6 Å². The van der Waals surface area contributed by atoms with E-state index in [1.54, 1.807) is 48.5 Å². The van der Waals surface area contributed by atoms with E-state index in [9.17, 15) is 14.7 Å². The van der Waals surface area contributed by atoms with E-state index in [-0.39, 0.29) is 0 Å². The van der Waals surface area contributed by atoms with Crippen molar-refractivity contribution in [1.82, 2.24) is 5.32 Å². The predicted molar refractivity (Wildman–Crippen MR) is 93.1 cm³/mol. The lowest BCUT2D eigenvalue weighted by Gasteiger charge is -2.16. The molecule has 25 heavy (non-hydrogen) atoms. The van der Waals surface area contributed by atoms with Crippen molar-refractivity contribution in [3.05, 3.63) is 59.7 Å². The summed E-state index contributed by atoms with van der Waals surface area (Å²) in [5.41, 5.74) is 0.799. The molecule has 1 atom stereocenters. The highest BCUT2D eigenvalue weighted by Crippen LogP contribution is 2.28. The van der Waals surface area contributed by atoms with Crippen molar-refractivity contribution in [2.24, 2.45) is 0 Å². The molecule has 6 nitrogen and oxygen atoms in total. The van der Waals surface area contributed by atoms with E-state index in [2.05, 4.69) is 5.32 Å². The lowest BCUT2D eigenvalue weighted by Crippen LogP contribution is -2.33. The molecule has 0 fully saturated rings. The van der Waals surface area contributed by atoms with E-state index in [0.717, 1.165) is 0 Å². The first-order chi connectivity index (χ1) is 12.1. The van der Waals surface area contributed by atoms with Gasteiger partial charge in [0.1, 0.15) is 0 Å². The Kier molecular flexibility index (Phi) is 6.39. The largest absolute Gasteiger partial charge is 0.490 e. The molecule has 6 heteroatoms. The number of rotatable bonds is 8. The first-order valence-electron chi connectivity index (χ1n) is 8.05. The number of hydrogen-bond donors (Lipinski definition) is 2. The van der Waals surface area contributed by atoms with Crippen LogP contribution in [-0.2, 0) is 4.79 Å². The number of carbonyl (C=O) groups excluding carboxylic acids is 1. The van der Waals surface area contributed by atoms with Gasteiger partial charge < -0.3 is 19.9 Å². The maximum absolute atomic E-state index is 12.5. The first kappa shape index (κ1) is 18.3. The van der Waals surface area contributed by atoms with E-state index in [1.807, 2.05) is 13.8 Å². The Bertz CT molecular complexity index is 730. The molecule has 0 heterocycles. The van der Waals surface area contributed by atoms with E-state index in [4.69, 9.17) is 9.47 Å². The summed E-state index contributed by atoms with van der Waals surface area (Å²) in [6.07, 6.45) is 0. The van der Waals surface area contributed by atoms with Crippen molar-refractivity contribution < 1.29 is 24.2 Å². The Morgan fingerprint density at radius 2 is 1.64 bits per heavy atom. The number of hydrogen-bond acceptors (Lipinski definition) is 4. The third-order valence-corrected chi connectivity index (χ3v) is 3.46. The monoisotopic (exact) mass is 343 g/mol. The Balaban J connectivity index is 2.24. The number of amides is 1. The summed E-state index contributed by atoms with van der Waals surface area (Å²) in [5, 5.41) is 12.0. The van der Waals surface area contributed by atoms with Crippen molar-refractivity contribution in [3.8, 4) is 11.5 Å². The molecule has 0 saturated heterocycles. The summed E-state index contributed by atoms with van der Waals surface area (Å²) in [6, 6.07) is 12.2. The second-order valence-electron chi connectivity index (χ2n) is 5.18. The molecule has 0 aromatic heterocycles. The average Bonchev–Trinajstić information content (AvgIpc) is 2.61. The summed E-state index contributed by atoms with van der Waals surface area (Å²) >= 11 is 0. The molecule has 2 N–H and O–H groups in total. The number of aliphatic carboxylic acids is 1. The quantitative estimate of drug-likeness (QED) is 0.769. The second kappa shape index (κ2) is 8.73. The molecule has 1 amide bonds. The number of carboxylic acid groups (broad SMARTS) is 1. The number of carbonyl (C=O) groups is 2. The van der Waals surface area contributed by atoms with Gasteiger partial charge in [-0.2, -0.15) is 0 Å². The zero-order chi connectivity index (χ0) is 18.2. The fraction of sp³-hybridized carbons (Fsp3) is 0.263. The topological polar surface area (TPSA) is 84.9 Å². The van der Waals surface area contributed by atoms with Gasteiger partial charge >= 0.3 is 5.97 Å². The first-order valence-corrected chi connectivity index (χ1v) is 8.05. The summed E-state index contributed by atoms with van der Waals surface area (Å²) < 4.78 is 11.0. The van der Waals surface area contributed by atoms with Crippen LogP contribution in [0, 0.1) is 0 Å². The molecule has 0 spiro atoms. The molecule has 0 bridgehead atoms. The Labute approximate surface area is 146 Å². The summed E-state index contributed by atoms with van der Waals surface area (Å²) in [7, 11) is 0. The zero-order valence-electron chi connectivity index (χ0n) is 14.2. The summed E-state index contributed by atoms with van der Waals surface area (Å²) in [5.74, 6) is -0.641. The standard InChI is InChI=1S/C19H21NO5/c1-3-24-15-11-10-14(12-16(15)25-4-2)18(21)20-17(19(22)23)13-8-6-5-7-9-13/h5-12,17H,3-4H2,1-2H3,(H,20,21)(H,22,23)/t17-/m1/s1. The molecule has 2 aromatic rings. The number of nitrogens with one attached hydrogen (secondary N) is 1. The number of carboxylic acids is 1. The van der Waals surface area contributed by atoms with Crippen molar-refractivity contribution >= 4 is 11.9 Å². The smallest absolute Gasteiger partial charge is 0.330 e. The van der Waals surface area contributed by atoms with Crippen LogP contribution in [0.25, 0.3) is 0 Å². The Morgan fingerprint density at radius 1 is 1.00 bits per heavy atom. The Morgan fingerprint density at radius 3 is 2.24 bits per heavy atom. The third-order valence-electron chi connectivity index (χ3n) is 3.46. The number of ether oxygens (including phenoxy) is 2. The highest BCUT2D eigenvalue weighted by molar-refractivity contribution is 5.97. The molecular weight excluding hydrogens is 322 g/mol. The van der Waals surface area contributed by atoms with Crippen LogP contribution in [0.5, 0.6) is 11.5 Å². The lowest BCUT2D eigenvalue weighted by atomic mass is 10.1. The van der Waals surface area contributed by atoms with Gasteiger partial charge in [-0.3, -0.25) is 4.79 Å². The normalized spacial score (nSPS) is 11.4. The molecule has 2 rings (SSSR count). The molecular formula is C19H21NO5. The fourth-order valence-corrected chi connectivity index (χ4v) is 2.34. The molecule has 0 aliphatic heterocycles. The van der Waals surface area contributed by atoms with Gasteiger partial charge in [0.15, 0.2) is 17.5 Å². The highest BCUT2D eigenvalue weighted by Gasteiger charge is 2.23. The number of benzene rings is 2. The SMILES string of the molecule is CCOc1ccc(C(=O)N[C@@H](C(=O)O)c2ccccc2)cc1OCC. The van der Waals surface area contributed by atoms with Gasteiger partial charge in [-0.15, -0.1) is 0 Å². The van der Waals surface area contributed by atoms with Crippen LogP contribution in [0.15, 0.2) is 48.5 Å². The van der Waals surface area contributed by atoms with Crippen LogP contribution in [-0.4, -0.2) is 30.2 Å². The highest BCUT2D eigenvalue weighted by atomic mass is 16.5. The van der Waals surface area contributed by atoms with E-state index in [0.29, 0.717) is 35.8 Å². The van der Waals surface area contributed by atoms with Crippen molar-refractivity contribution in [1.29, 1.82) is 0 Å². The molecule has 0 aliphatic carbocycles. The van der Waals surface area contributed by atoms with Crippen molar-refractivity contribution in [3.63, 3.8) is 0 Å². The van der Waals surface area contributed by atoms with Crippen molar-refractivity contribution in [2.45, 2.75) is 19.9 Å². The van der Waals surface area contributed by atoms with Gasteiger partial charge in [-0.25, -0.2) is 4.79 Å². The minimum Gasteiger partial charge on any atom is -0.490 e. The van der Waals surface area contributed by atoms with Crippen molar-refractivity contribution in [2.75, 3.05) is 13.2 Å². The van der Waals surface area contributed by atoms with E-state index < -0.39 is 17.9 Å². The zero-order valence-corrected chi connectivity index (χ0v) is 14.2. The molecule has 0 radical (unpaired) electrons. The minimum absolute atomic E-state index is 0.300. The van der Waals surface area contributed by atoms with Crippen LogP contribution in [0.4, 0.5) is 0 Å². The summed E-state index contributed by atoms with van der Waals surface area (Å²) in [6.45, 7) is 4.58. The van der Waals surface area contributed by atoms with Gasteiger partial charge in [0.2, 0.25) is 0 Å². The third kappa shape index (κ3) is 4.73. The van der Waals surface area contributed by atoms with Crippen LogP contribution in [0.3, 0.4) is 0 Å². The molecule has 0 saturated carbocycles. The second-order valence-corrected chi connectivity index (χ2v) is 5.18.